The van der Waals surface area contributed by atoms with Gasteiger partial charge in [0.15, 0.2) is 0 Å². The van der Waals surface area contributed by atoms with E-state index < -0.39 is 10.0 Å². The van der Waals surface area contributed by atoms with E-state index in [2.05, 4.69) is 20.7 Å². The van der Waals surface area contributed by atoms with Crippen molar-refractivity contribution in [1.82, 2.24) is 4.72 Å². The quantitative estimate of drug-likeness (QED) is 0.833. The standard InChI is InChI=1S/C13H18BrNO4S/c14-12-2-1-11(9-16)7-13(12)20(17,18)15-8-10-3-5-19-6-4-10/h1-2,7,10,15-16H,3-6,8-9H2. The normalized spacial score (nSPS) is 17.3. The lowest BCUT2D eigenvalue weighted by Gasteiger charge is -2.22. The summed E-state index contributed by atoms with van der Waals surface area (Å²) in [7, 11) is -3.57. The molecule has 0 aliphatic carbocycles. The molecule has 1 fully saturated rings. The van der Waals surface area contributed by atoms with Crippen molar-refractivity contribution < 1.29 is 18.3 Å². The Kier molecular flexibility index (Phi) is 5.57. The Bertz CT molecular complexity index is 555. The Balaban J connectivity index is 2.09. The summed E-state index contributed by atoms with van der Waals surface area (Å²) in [6.45, 7) is 1.61. The highest BCUT2D eigenvalue weighted by molar-refractivity contribution is 9.10. The topological polar surface area (TPSA) is 75.6 Å². The monoisotopic (exact) mass is 363 g/mol. The van der Waals surface area contributed by atoms with E-state index in [9.17, 15) is 8.42 Å². The minimum atomic E-state index is -3.57. The number of aliphatic hydroxyl groups is 1. The van der Waals surface area contributed by atoms with Crippen LogP contribution >= 0.6 is 15.9 Å². The minimum Gasteiger partial charge on any atom is -0.392 e. The van der Waals surface area contributed by atoms with Gasteiger partial charge in [0.25, 0.3) is 0 Å². The summed E-state index contributed by atoms with van der Waals surface area (Å²) < 4.78 is 33.0. The molecule has 2 N–H and O–H groups in total. The van der Waals surface area contributed by atoms with E-state index >= 15 is 0 Å². The molecule has 0 amide bonds. The van der Waals surface area contributed by atoms with Crippen molar-refractivity contribution in [2.24, 2.45) is 5.92 Å². The molecule has 0 unspecified atom stereocenters. The van der Waals surface area contributed by atoms with Gasteiger partial charge in [0, 0.05) is 24.2 Å². The predicted octanol–water partition coefficient (Wildman–Crippen LogP) is 1.65. The predicted molar refractivity (Wildman–Crippen MR) is 78.8 cm³/mol. The van der Waals surface area contributed by atoms with Crippen molar-refractivity contribution in [2.45, 2.75) is 24.3 Å². The smallest absolute Gasteiger partial charge is 0.241 e. The van der Waals surface area contributed by atoms with Gasteiger partial charge in [-0.1, -0.05) is 6.07 Å². The van der Waals surface area contributed by atoms with Crippen molar-refractivity contribution >= 4 is 26.0 Å². The van der Waals surface area contributed by atoms with E-state index in [0.29, 0.717) is 35.7 Å². The van der Waals surface area contributed by atoms with Crippen LogP contribution in [-0.2, 0) is 21.4 Å². The fraction of sp³-hybridized carbons (Fsp3) is 0.538. The largest absolute Gasteiger partial charge is 0.392 e. The highest BCUT2D eigenvalue weighted by atomic mass is 79.9. The van der Waals surface area contributed by atoms with E-state index in [1.165, 1.54) is 6.07 Å². The SMILES string of the molecule is O=S(=O)(NCC1CCOCC1)c1cc(CO)ccc1Br. The van der Waals surface area contributed by atoms with Gasteiger partial charge in [-0.3, -0.25) is 0 Å². The summed E-state index contributed by atoms with van der Waals surface area (Å²) in [4.78, 5) is 0.163. The van der Waals surface area contributed by atoms with Gasteiger partial charge in [-0.05, 0) is 52.4 Å². The molecule has 112 valence electrons. The summed E-state index contributed by atoms with van der Waals surface area (Å²) in [5.41, 5.74) is 0.569. The summed E-state index contributed by atoms with van der Waals surface area (Å²) in [5.74, 6) is 0.318. The average molecular weight is 364 g/mol. The molecule has 0 atom stereocenters. The Hall–Kier alpha value is -0.470. The summed E-state index contributed by atoms with van der Waals surface area (Å²) in [6, 6.07) is 4.80. The zero-order valence-electron chi connectivity index (χ0n) is 11.0. The molecule has 0 aromatic heterocycles. The molecular weight excluding hydrogens is 346 g/mol. The number of ether oxygens (including phenoxy) is 1. The fourth-order valence-corrected chi connectivity index (χ4v) is 4.24. The zero-order chi connectivity index (χ0) is 14.6. The molecule has 0 spiro atoms. The summed E-state index contributed by atoms with van der Waals surface area (Å²) >= 11 is 3.24. The van der Waals surface area contributed by atoms with Crippen molar-refractivity contribution in [2.75, 3.05) is 19.8 Å². The van der Waals surface area contributed by atoms with E-state index in [1.54, 1.807) is 12.1 Å². The second-order valence-electron chi connectivity index (χ2n) is 4.83. The maximum atomic E-state index is 12.3. The number of hydrogen-bond donors (Lipinski definition) is 2. The van der Waals surface area contributed by atoms with Crippen molar-refractivity contribution in [3.05, 3.63) is 28.2 Å². The number of hydrogen-bond acceptors (Lipinski definition) is 4. The van der Waals surface area contributed by atoms with Crippen LogP contribution in [0.3, 0.4) is 0 Å². The number of benzene rings is 1. The lowest BCUT2D eigenvalue weighted by molar-refractivity contribution is 0.0678. The van der Waals surface area contributed by atoms with Gasteiger partial charge >= 0.3 is 0 Å². The van der Waals surface area contributed by atoms with E-state index in [-0.39, 0.29) is 11.5 Å². The van der Waals surface area contributed by atoms with Gasteiger partial charge in [-0.25, -0.2) is 13.1 Å². The van der Waals surface area contributed by atoms with Crippen molar-refractivity contribution in [3.8, 4) is 0 Å². The van der Waals surface area contributed by atoms with Crippen LogP contribution in [0, 0.1) is 5.92 Å². The molecule has 1 aliphatic heterocycles. The van der Waals surface area contributed by atoms with Crippen molar-refractivity contribution in [3.63, 3.8) is 0 Å². The first-order valence-electron chi connectivity index (χ1n) is 6.49. The average Bonchev–Trinajstić information content (AvgIpc) is 2.47. The van der Waals surface area contributed by atoms with E-state index in [0.717, 1.165) is 12.8 Å². The molecule has 1 heterocycles. The molecule has 7 heteroatoms. The Morgan fingerprint density at radius 2 is 2.05 bits per heavy atom. The number of rotatable bonds is 5. The van der Waals surface area contributed by atoms with Gasteiger partial charge in [-0.15, -0.1) is 0 Å². The zero-order valence-corrected chi connectivity index (χ0v) is 13.4. The molecule has 5 nitrogen and oxygen atoms in total. The highest BCUT2D eigenvalue weighted by Gasteiger charge is 2.21. The summed E-state index contributed by atoms with van der Waals surface area (Å²) in [6.07, 6.45) is 1.75. The highest BCUT2D eigenvalue weighted by Crippen LogP contribution is 2.24. The van der Waals surface area contributed by atoms with Gasteiger partial charge in [-0.2, -0.15) is 0 Å². The molecule has 1 aromatic carbocycles. The molecule has 1 aliphatic rings. The molecule has 0 saturated carbocycles. The van der Waals surface area contributed by atoms with Crippen LogP contribution in [0.5, 0.6) is 0 Å². The number of sulfonamides is 1. The van der Waals surface area contributed by atoms with E-state index in [1.807, 2.05) is 0 Å². The van der Waals surface area contributed by atoms with Crippen LogP contribution in [0.25, 0.3) is 0 Å². The Labute approximate surface area is 127 Å². The van der Waals surface area contributed by atoms with Crippen LogP contribution in [0.4, 0.5) is 0 Å². The first-order chi connectivity index (χ1) is 9.53. The Morgan fingerprint density at radius 1 is 1.35 bits per heavy atom. The Morgan fingerprint density at radius 3 is 2.70 bits per heavy atom. The van der Waals surface area contributed by atoms with Crippen LogP contribution in [0.15, 0.2) is 27.6 Å². The lowest BCUT2D eigenvalue weighted by Crippen LogP contribution is -2.32. The lowest BCUT2D eigenvalue weighted by atomic mass is 10.0. The van der Waals surface area contributed by atoms with Crippen LogP contribution in [-0.4, -0.2) is 33.3 Å². The second kappa shape index (κ2) is 7.00. The molecule has 1 saturated heterocycles. The number of aliphatic hydroxyl groups excluding tert-OH is 1. The number of nitrogens with one attached hydrogen (secondary N) is 1. The van der Waals surface area contributed by atoms with Gasteiger partial charge in [0.05, 0.1) is 11.5 Å². The third kappa shape index (κ3) is 4.02. The molecule has 20 heavy (non-hydrogen) atoms. The van der Waals surface area contributed by atoms with Crippen LogP contribution in [0.1, 0.15) is 18.4 Å². The molecule has 2 rings (SSSR count). The third-order valence-electron chi connectivity index (χ3n) is 3.37. The van der Waals surface area contributed by atoms with E-state index in [4.69, 9.17) is 9.84 Å². The minimum absolute atomic E-state index is 0.163. The maximum absolute atomic E-state index is 12.3. The maximum Gasteiger partial charge on any atom is 0.241 e. The molecule has 0 bridgehead atoms. The second-order valence-corrected chi connectivity index (χ2v) is 7.42. The molecular formula is C13H18BrNO4S. The molecule has 1 aromatic rings. The fourth-order valence-electron chi connectivity index (χ4n) is 2.11. The van der Waals surface area contributed by atoms with Gasteiger partial charge in [0.2, 0.25) is 10.0 Å². The number of halogens is 1. The van der Waals surface area contributed by atoms with Crippen LogP contribution < -0.4 is 4.72 Å². The first kappa shape index (κ1) is 15.9. The van der Waals surface area contributed by atoms with Gasteiger partial charge in [0.1, 0.15) is 0 Å². The third-order valence-corrected chi connectivity index (χ3v) is 5.79. The first-order valence-corrected chi connectivity index (χ1v) is 8.77. The van der Waals surface area contributed by atoms with Gasteiger partial charge < -0.3 is 9.84 Å². The molecule has 0 radical (unpaired) electrons. The van der Waals surface area contributed by atoms with Crippen molar-refractivity contribution in [1.29, 1.82) is 0 Å². The summed E-state index contributed by atoms with van der Waals surface area (Å²) in [5, 5.41) is 9.11. The van der Waals surface area contributed by atoms with Crippen LogP contribution in [0.2, 0.25) is 0 Å².